The second kappa shape index (κ2) is 6.43. The minimum atomic E-state index is -3.69. The largest absolute Gasteiger partial charge is 0.322 e. The smallest absolute Gasteiger partial charge is 0.258 e. The molecule has 2 N–H and O–H groups in total. The van der Waals surface area contributed by atoms with Gasteiger partial charge in [-0.3, -0.25) is 4.79 Å². The number of rotatable bonds is 4. The van der Waals surface area contributed by atoms with Crippen LogP contribution in [0.2, 0.25) is 0 Å². The molecule has 0 radical (unpaired) electrons. The first-order valence-corrected chi connectivity index (χ1v) is 8.03. The van der Waals surface area contributed by atoms with Crippen LogP contribution in [-0.4, -0.2) is 21.4 Å². The number of aryl methyl sites for hydroxylation is 1. The van der Waals surface area contributed by atoms with E-state index in [4.69, 9.17) is 0 Å². The maximum atomic E-state index is 13.6. The Hall–Kier alpha value is -2.32. The Morgan fingerprint density at radius 3 is 2.39 bits per heavy atom. The second-order valence-corrected chi connectivity index (χ2v) is 6.62. The van der Waals surface area contributed by atoms with E-state index in [9.17, 15) is 22.0 Å². The van der Waals surface area contributed by atoms with Crippen LogP contribution in [-0.2, 0) is 10.0 Å². The van der Waals surface area contributed by atoms with Gasteiger partial charge in [0, 0.05) is 11.8 Å². The van der Waals surface area contributed by atoms with Gasteiger partial charge in [-0.25, -0.2) is 21.9 Å². The third-order valence-corrected chi connectivity index (χ3v) is 4.74. The van der Waals surface area contributed by atoms with Crippen molar-refractivity contribution in [1.29, 1.82) is 0 Å². The van der Waals surface area contributed by atoms with E-state index >= 15 is 0 Å². The number of amides is 1. The zero-order valence-corrected chi connectivity index (χ0v) is 13.2. The molecule has 0 aromatic heterocycles. The lowest BCUT2D eigenvalue weighted by Crippen LogP contribution is -2.20. The Labute approximate surface area is 132 Å². The molecule has 0 aliphatic carbocycles. The number of sulfonamides is 1. The second-order valence-electron chi connectivity index (χ2n) is 4.77. The first-order chi connectivity index (χ1) is 10.7. The molecule has 1 amide bonds. The van der Waals surface area contributed by atoms with Crippen LogP contribution in [0, 0.1) is 18.6 Å². The molecule has 0 bridgehead atoms. The summed E-state index contributed by atoms with van der Waals surface area (Å²) < 4.78 is 52.4. The maximum Gasteiger partial charge on any atom is 0.258 e. The minimum absolute atomic E-state index is 0.00243. The number of nitrogens with one attached hydrogen (secondary N) is 2. The van der Waals surface area contributed by atoms with Gasteiger partial charge in [-0.05, 0) is 43.8 Å². The normalized spacial score (nSPS) is 11.3. The minimum Gasteiger partial charge on any atom is -0.322 e. The third kappa shape index (κ3) is 3.72. The van der Waals surface area contributed by atoms with E-state index in [2.05, 4.69) is 10.0 Å². The number of anilines is 1. The summed E-state index contributed by atoms with van der Waals surface area (Å²) in [4.78, 5) is 12.0. The van der Waals surface area contributed by atoms with Gasteiger partial charge in [0.2, 0.25) is 10.0 Å². The van der Waals surface area contributed by atoms with Crippen LogP contribution in [0.5, 0.6) is 0 Å². The average Bonchev–Trinajstić information content (AvgIpc) is 2.48. The van der Waals surface area contributed by atoms with E-state index in [-0.39, 0.29) is 16.1 Å². The SMILES string of the molecule is CNS(=O)(=O)c1cc(NC(=O)c2ccc(F)cc2F)ccc1C. The highest BCUT2D eigenvalue weighted by atomic mass is 32.2. The molecule has 0 aliphatic rings. The van der Waals surface area contributed by atoms with E-state index in [1.165, 1.54) is 25.2 Å². The van der Waals surface area contributed by atoms with Crippen molar-refractivity contribution in [3.63, 3.8) is 0 Å². The molecule has 2 rings (SSSR count). The van der Waals surface area contributed by atoms with Crippen LogP contribution in [0.3, 0.4) is 0 Å². The van der Waals surface area contributed by atoms with Gasteiger partial charge >= 0.3 is 0 Å². The summed E-state index contributed by atoms with van der Waals surface area (Å²) in [7, 11) is -2.42. The van der Waals surface area contributed by atoms with Gasteiger partial charge < -0.3 is 5.32 Å². The molecule has 23 heavy (non-hydrogen) atoms. The third-order valence-electron chi connectivity index (χ3n) is 3.18. The Balaban J connectivity index is 2.34. The predicted molar refractivity (Wildman–Crippen MR) is 81.7 cm³/mol. The molecule has 0 atom stereocenters. The average molecular weight is 340 g/mol. The molecular formula is C15H14F2N2O3S. The van der Waals surface area contributed by atoms with Crippen LogP contribution >= 0.6 is 0 Å². The molecule has 0 saturated carbocycles. The number of hydrogen-bond donors (Lipinski definition) is 2. The van der Waals surface area contributed by atoms with Gasteiger partial charge in [-0.15, -0.1) is 0 Å². The van der Waals surface area contributed by atoms with Gasteiger partial charge in [0.1, 0.15) is 11.6 Å². The first kappa shape index (κ1) is 17.0. The molecule has 2 aromatic carbocycles. The lowest BCUT2D eigenvalue weighted by Gasteiger charge is -2.11. The summed E-state index contributed by atoms with van der Waals surface area (Å²) in [5.74, 6) is -2.60. The fourth-order valence-corrected chi connectivity index (χ4v) is 2.94. The number of hydrogen-bond acceptors (Lipinski definition) is 3. The first-order valence-electron chi connectivity index (χ1n) is 6.55. The number of benzene rings is 2. The van der Waals surface area contributed by atoms with E-state index < -0.39 is 27.6 Å². The van der Waals surface area contributed by atoms with Crippen LogP contribution in [0.1, 0.15) is 15.9 Å². The highest BCUT2D eigenvalue weighted by Gasteiger charge is 2.17. The van der Waals surface area contributed by atoms with E-state index in [0.717, 1.165) is 12.1 Å². The molecule has 0 heterocycles. The topological polar surface area (TPSA) is 75.3 Å². The highest BCUT2D eigenvalue weighted by Crippen LogP contribution is 2.21. The Kier molecular flexibility index (Phi) is 4.76. The van der Waals surface area contributed by atoms with E-state index in [1.54, 1.807) is 6.92 Å². The van der Waals surface area contributed by atoms with Crippen molar-refractivity contribution in [2.24, 2.45) is 0 Å². The van der Waals surface area contributed by atoms with Gasteiger partial charge in [-0.1, -0.05) is 6.07 Å². The van der Waals surface area contributed by atoms with Crippen LogP contribution in [0.25, 0.3) is 0 Å². The standard InChI is InChI=1S/C15H14F2N2O3S/c1-9-3-5-11(8-14(9)23(21,22)18-2)19-15(20)12-6-4-10(16)7-13(12)17/h3-8,18H,1-2H3,(H,19,20). The Bertz CT molecular complexity index is 867. The van der Waals surface area contributed by atoms with Gasteiger partial charge in [-0.2, -0.15) is 0 Å². The Morgan fingerprint density at radius 1 is 1.09 bits per heavy atom. The lowest BCUT2D eigenvalue weighted by atomic mass is 10.1. The highest BCUT2D eigenvalue weighted by molar-refractivity contribution is 7.89. The molecule has 0 spiro atoms. The maximum absolute atomic E-state index is 13.6. The van der Waals surface area contributed by atoms with Crippen molar-refractivity contribution in [3.05, 3.63) is 59.2 Å². The van der Waals surface area contributed by atoms with Gasteiger partial charge in [0.05, 0.1) is 10.5 Å². The lowest BCUT2D eigenvalue weighted by molar-refractivity contribution is 0.102. The van der Waals surface area contributed by atoms with Gasteiger partial charge in [0.25, 0.3) is 5.91 Å². The summed E-state index contributed by atoms with van der Waals surface area (Å²) in [6.45, 7) is 1.61. The van der Waals surface area contributed by atoms with Crippen LogP contribution < -0.4 is 10.0 Å². The fourth-order valence-electron chi connectivity index (χ4n) is 1.95. The van der Waals surface area contributed by atoms with Gasteiger partial charge in [0.15, 0.2) is 0 Å². The number of carbonyl (C=O) groups excluding carboxylic acids is 1. The summed E-state index contributed by atoms with van der Waals surface area (Å²) in [5, 5.41) is 2.39. The zero-order chi connectivity index (χ0) is 17.2. The molecule has 5 nitrogen and oxygen atoms in total. The summed E-state index contributed by atoms with van der Waals surface area (Å²) in [6, 6.07) is 6.84. The molecule has 0 aliphatic heterocycles. The molecule has 0 saturated heterocycles. The quantitative estimate of drug-likeness (QED) is 0.898. The summed E-state index contributed by atoms with van der Waals surface area (Å²) in [5.41, 5.74) is 0.327. The van der Waals surface area contributed by atoms with E-state index in [0.29, 0.717) is 11.6 Å². The zero-order valence-electron chi connectivity index (χ0n) is 12.4. The number of halogens is 2. The summed E-state index contributed by atoms with van der Waals surface area (Å²) in [6.07, 6.45) is 0. The van der Waals surface area contributed by atoms with Crippen molar-refractivity contribution in [2.45, 2.75) is 11.8 Å². The molecule has 8 heteroatoms. The molecule has 122 valence electrons. The molecule has 0 unspecified atom stereocenters. The Morgan fingerprint density at radius 2 is 1.78 bits per heavy atom. The van der Waals surface area contributed by atoms with Crippen molar-refractivity contribution in [3.8, 4) is 0 Å². The number of carbonyl (C=O) groups is 1. The molecule has 2 aromatic rings. The molecular weight excluding hydrogens is 326 g/mol. The van der Waals surface area contributed by atoms with Crippen LogP contribution in [0.15, 0.2) is 41.3 Å². The molecule has 0 fully saturated rings. The predicted octanol–water partition coefficient (Wildman–Crippen LogP) is 2.43. The van der Waals surface area contributed by atoms with Crippen molar-refractivity contribution >= 4 is 21.6 Å². The van der Waals surface area contributed by atoms with E-state index in [1.807, 2.05) is 0 Å². The summed E-state index contributed by atoms with van der Waals surface area (Å²) >= 11 is 0. The van der Waals surface area contributed by atoms with Crippen molar-refractivity contribution < 1.29 is 22.0 Å². The van der Waals surface area contributed by atoms with Crippen molar-refractivity contribution in [2.75, 3.05) is 12.4 Å². The monoisotopic (exact) mass is 340 g/mol. The fraction of sp³-hybridized carbons (Fsp3) is 0.133. The van der Waals surface area contributed by atoms with Crippen molar-refractivity contribution in [1.82, 2.24) is 4.72 Å². The van der Waals surface area contributed by atoms with Crippen LogP contribution in [0.4, 0.5) is 14.5 Å².